The monoisotopic (exact) mass is 290 g/mol. The predicted octanol–water partition coefficient (Wildman–Crippen LogP) is -0.145. The van der Waals surface area contributed by atoms with E-state index in [1.165, 1.54) is 0 Å². The van der Waals surface area contributed by atoms with E-state index in [1.807, 2.05) is 6.92 Å². The molecule has 8 heteroatoms. The van der Waals surface area contributed by atoms with E-state index in [4.69, 9.17) is 10.5 Å². The van der Waals surface area contributed by atoms with Gasteiger partial charge in [-0.2, -0.15) is 0 Å². The standard InChI is InChI=1S/C11H22N4O3S/c1-3-15-9-11(14-10(15)2)19(16,17)13-6-4-7-18-8-5-12/h9,13H,3-8,12H2,1-2H3. The first-order chi connectivity index (χ1) is 9.01. The molecule has 1 aromatic heterocycles. The molecule has 3 N–H and O–H groups in total. The molecule has 0 aliphatic heterocycles. The fourth-order valence-corrected chi connectivity index (χ4v) is 2.65. The SMILES string of the molecule is CCn1cc(S(=O)(=O)NCCCOCCN)nc1C. The lowest BCUT2D eigenvalue weighted by Crippen LogP contribution is -2.26. The lowest BCUT2D eigenvalue weighted by molar-refractivity contribution is 0.140. The molecule has 0 aromatic carbocycles. The topological polar surface area (TPSA) is 99.2 Å². The van der Waals surface area contributed by atoms with Gasteiger partial charge in [0.25, 0.3) is 10.0 Å². The van der Waals surface area contributed by atoms with Crippen LogP contribution in [0.1, 0.15) is 19.2 Å². The summed E-state index contributed by atoms with van der Waals surface area (Å²) in [7, 11) is -3.53. The summed E-state index contributed by atoms with van der Waals surface area (Å²) in [6.07, 6.45) is 2.15. The summed E-state index contributed by atoms with van der Waals surface area (Å²) in [6.45, 7) is 6.19. The molecular weight excluding hydrogens is 268 g/mol. The van der Waals surface area contributed by atoms with Crippen LogP contribution in [0.2, 0.25) is 0 Å². The van der Waals surface area contributed by atoms with Crippen LogP contribution in [0.15, 0.2) is 11.2 Å². The van der Waals surface area contributed by atoms with Gasteiger partial charge in [0, 0.05) is 32.4 Å². The van der Waals surface area contributed by atoms with Gasteiger partial charge in [0.15, 0.2) is 5.03 Å². The average molecular weight is 290 g/mol. The third-order valence-corrected chi connectivity index (χ3v) is 3.92. The Morgan fingerprint density at radius 3 is 2.79 bits per heavy atom. The average Bonchev–Trinajstić information content (AvgIpc) is 2.76. The number of hydrogen-bond acceptors (Lipinski definition) is 5. The highest BCUT2D eigenvalue weighted by molar-refractivity contribution is 7.89. The normalized spacial score (nSPS) is 11.9. The lowest BCUT2D eigenvalue weighted by atomic mass is 10.5. The minimum Gasteiger partial charge on any atom is -0.380 e. The third kappa shape index (κ3) is 4.90. The number of aromatic nitrogens is 2. The second-order valence-corrected chi connectivity index (χ2v) is 5.78. The summed E-state index contributed by atoms with van der Waals surface area (Å²) < 4.78 is 33.4. The quantitative estimate of drug-likeness (QED) is 0.616. The van der Waals surface area contributed by atoms with Crippen molar-refractivity contribution in [3.63, 3.8) is 0 Å². The number of imidazole rings is 1. The number of nitrogens with two attached hydrogens (primary N) is 1. The largest absolute Gasteiger partial charge is 0.380 e. The van der Waals surface area contributed by atoms with Crippen molar-refractivity contribution in [1.82, 2.24) is 14.3 Å². The van der Waals surface area contributed by atoms with Crippen LogP contribution in [0.4, 0.5) is 0 Å². The van der Waals surface area contributed by atoms with Crippen molar-refractivity contribution in [2.75, 3.05) is 26.3 Å². The van der Waals surface area contributed by atoms with Gasteiger partial charge in [-0.05, 0) is 20.3 Å². The first kappa shape index (κ1) is 16.1. The van der Waals surface area contributed by atoms with Gasteiger partial charge >= 0.3 is 0 Å². The molecule has 110 valence electrons. The Balaban J connectivity index is 2.47. The van der Waals surface area contributed by atoms with Crippen molar-refractivity contribution in [1.29, 1.82) is 0 Å². The third-order valence-electron chi connectivity index (χ3n) is 2.59. The molecule has 0 atom stereocenters. The summed E-state index contributed by atoms with van der Waals surface area (Å²) in [5.41, 5.74) is 5.27. The summed E-state index contributed by atoms with van der Waals surface area (Å²) in [4.78, 5) is 4.05. The zero-order valence-corrected chi connectivity index (χ0v) is 12.2. The highest BCUT2D eigenvalue weighted by atomic mass is 32.2. The van der Waals surface area contributed by atoms with Gasteiger partial charge in [-0.3, -0.25) is 0 Å². The van der Waals surface area contributed by atoms with Crippen molar-refractivity contribution < 1.29 is 13.2 Å². The van der Waals surface area contributed by atoms with Gasteiger partial charge < -0.3 is 15.0 Å². The Bertz CT molecular complexity index is 484. The van der Waals surface area contributed by atoms with E-state index in [2.05, 4.69) is 9.71 Å². The Kier molecular flexibility index (Phi) is 6.43. The molecule has 0 saturated carbocycles. The van der Waals surface area contributed by atoms with Gasteiger partial charge in [-0.25, -0.2) is 18.1 Å². The van der Waals surface area contributed by atoms with Crippen LogP contribution >= 0.6 is 0 Å². The smallest absolute Gasteiger partial charge is 0.259 e. The highest BCUT2D eigenvalue weighted by Gasteiger charge is 2.17. The number of nitrogens with one attached hydrogen (secondary N) is 1. The van der Waals surface area contributed by atoms with Crippen LogP contribution in [0.25, 0.3) is 0 Å². The molecule has 0 amide bonds. The highest BCUT2D eigenvalue weighted by Crippen LogP contribution is 2.08. The minimum atomic E-state index is -3.53. The van der Waals surface area contributed by atoms with Crippen molar-refractivity contribution in [3.05, 3.63) is 12.0 Å². The number of sulfonamides is 1. The van der Waals surface area contributed by atoms with Crippen molar-refractivity contribution in [2.24, 2.45) is 5.73 Å². The van der Waals surface area contributed by atoms with Crippen molar-refractivity contribution in [2.45, 2.75) is 31.8 Å². The van der Waals surface area contributed by atoms with E-state index in [-0.39, 0.29) is 5.03 Å². The van der Waals surface area contributed by atoms with Crippen molar-refractivity contribution in [3.8, 4) is 0 Å². The molecule has 0 fully saturated rings. The molecule has 0 bridgehead atoms. The molecule has 19 heavy (non-hydrogen) atoms. The van der Waals surface area contributed by atoms with Gasteiger partial charge in [0.1, 0.15) is 5.82 Å². The number of rotatable bonds is 9. The Morgan fingerprint density at radius 2 is 2.21 bits per heavy atom. The molecule has 1 rings (SSSR count). The summed E-state index contributed by atoms with van der Waals surface area (Å²) in [6, 6.07) is 0. The molecular formula is C11H22N4O3S. The molecule has 0 aliphatic rings. The Labute approximate surface area is 114 Å². The maximum absolute atomic E-state index is 12.0. The van der Waals surface area contributed by atoms with Crippen LogP contribution in [0, 0.1) is 6.92 Å². The zero-order chi connectivity index (χ0) is 14.3. The van der Waals surface area contributed by atoms with Gasteiger partial charge in [-0.1, -0.05) is 0 Å². The van der Waals surface area contributed by atoms with E-state index < -0.39 is 10.0 Å². The van der Waals surface area contributed by atoms with E-state index >= 15 is 0 Å². The van der Waals surface area contributed by atoms with Crippen molar-refractivity contribution >= 4 is 10.0 Å². The van der Waals surface area contributed by atoms with Crippen LogP contribution < -0.4 is 10.5 Å². The molecule has 1 aromatic rings. The van der Waals surface area contributed by atoms with Crippen LogP contribution in [0.5, 0.6) is 0 Å². The fraction of sp³-hybridized carbons (Fsp3) is 0.727. The molecule has 0 saturated heterocycles. The zero-order valence-electron chi connectivity index (χ0n) is 11.4. The molecule has 0 spiro atoms. The van der Waals surface area contributed by atoms with E-state index in [0.717, 1.165) is 0 Å². The molecule has 7 nitrogen and oxygen atoms in total. The Hall–Kier alpha value is -0.960. The number of hydrogen-bond donors (Lipinski definition) is 2. The van der Waals surface area contributed by atoms with Crippen LogP contribution in [-0.2, 0) is 21.3 Å². The van der Waals surface area contributed by atoms with Gasteiger partial charge in [-0.15, -0.1) is 0 Å². The Morgan fingerprint density at radius 1 is 1.47 bits per heavy atom. The molecule has 0 unspecified atom stereocenters. The van der Waals surface area contributed by atoms with Crippen LogP contribution in [-0.4, -0.2) is 44.3 Å². The maximum atomic E-state index is 12.0. The molecule has 1 heterocycles. The van der Waals surface area contributed by atoms with E-state index in [9.17, 15) is 8.42 Å². The lowest BCUT2D eigenvalue weighted by Gasteiger charge is -2.04. The summed E-state index contributed by atoms with van der Waals surface area (Å²) >= 11 is 0. The summed E-state index contributed by atoms with van der Waals surface area (Å²) in [5, 5.41) is 0.0646. The first-order valence-corrected chi connectivity index (χ1v) is 7.80. The number of ether oxygens (including phenoxy) is 1. The fourth-order valence-electron chi connectivity index (χ4n) is 1.57. The first-order valence-electron chi connectivity index (χ1n) is 6.32. The predicted molar refractivity (Wildman–Crippen MR) is 72.3 cm³/mol. The van der Waals surface area contributed by atoms with E-state index in [1.54, 1.807) is 17.7 Å². The minimum absolute atomic E-state index is 0.0646. The van der Waals surface area contributed by atoms with Crippen LogP contribution in [0.3, 0.4) is 0 Å². The second kappa shape index (κ2) is 7.59. The maximum Gasteiger partial charge on any atom is 0.259 e. The molecule has 0 aliphatic carbocycles. The summed E-state index contributed by atoms with van der Waals surface area (Å²) in [5.74, 6) is 0.689. The second-order valence-electron chi connectivity index (χ2n) is 4.06. The van der Waals surface area contributed by atoms with Gasteiger partial charge in [0.05, 0.1) is 6.61 Å². The molecule has 0 radical (unpaired) electrons. The van der Waals surface area contributed by atoms with E-state index in [0.29, 0.717) is 45.1 Å². The van der Waals surface area contributed by atoms with Gasteiger partial charge in [0.2, 0.25) is 0 Å². The number of aryl methyl sites for hydroxylation is 2. The number of nitrogens with zero attached hydrogens (tertiary/aromatic N) is 2.